The third-order valence-corrected chi connectivity index (χ3v) is 4.18. The lowest BCUT2D eigenvalue weighted by Gasteiger charge is -2.08. The molecule has 140 valence electrons. The molecule has 4 nitrogen and oxygen atoms in total. The van der Waals surface area contributed by atoms with E-state index in [1.54, 1.807) is 54.6 Å². The third-order valence-electron chi connectivity index (χ3n) is 4.18. The molecular weight excluding hydrogens is 352 g/mol. The highest BCUT2D eigenvalue weighted by molar-refractivity contribution is 6.06. The minimum Gasteiger partial charge on any atom is -0.496 e. The van der Waals surface area contributed by atoms with Gasteiger partial charge in [0, 0.05) is 5.56 Å². The second-order valence-electron chi connectivity index (χ2n) is 6.22. The van der Waals surface area contributed by atoms with Crippen molar-refractivity contribution in [1.82, 2.24) is 0 Å². The largest absolute Gasteiger partial charge is 0.496 e. The first kappa shape index (κ1) is 19.1. The van der Waals surface area contributed by atoms with E-state index in [-0.39, 0.29) is 5.78 Å². The number of para-hydroxylation sites is 1. The van der Waals surface area contributed by atoms with Crippen molar-refractivity contribution in [3.8, 4) is 11.5 Å². The maximum Gasteiger partial charge on any atom is 0.347 e. The molecule has 0 bridgehead atoms. The molecular formula is C24H20O4. The molecule has 0 saturated carbocycles. The first-order chi connectivity index (χ1) is 13.6. The quantitative estimate of drug-likeness (QED) is 0.261. The number of carbonyl (C=O) groups is 2. The van der Waals surface area contributed by atoms with Crippen LogP contribution in [0.3, 0.4) is 0 Å². The van der Waals surface area contributed by atoms with Gasteiger partial charge >= 0.3 is 5.97 Å². The molecule has 0 unspecified atom stereocenters. The zero-order valence-corrected chi connectivity index (χ0v) is 15.7. The second-order valence-corrected chi connectivity index (χ2v) is 6.22. The van der Waals surface area contributed by atoms with Crippen LogP contribution in [0.25, 0.3) is 6.08 Å². The number of ether oxygens (including phenoxy) is 2. The molecule has 0 heterocycles. The smallest absolute Gasteiger partial charge is 0.347 e. The summed E-state index contributed by atoms with van der Waals surface area (Å²) in [4.78, 5) is 24.5. The van der Waals surface area contributed by atoms with Gasteiger partial charge in [-0.3, -0.25) is 4.79 Å². The number of benzene rings is 3. The van der Waals surface area contributed by atoms with Gasteiger partial charge in [-0.2, -0.15) is 0 Å². The average Bonchev–Trinajstić information content (AvgIpc) is 2.73. The summed E-state index contributed by atoms with van der Waals surface area (Å²) < 4.78 is 10.6. The van der Waals surface area contributed by atoms with Crippen molar-refractivity contribution in [2.75, 3.05) is 7.11 Å². The monoisotopic (exact) mass is 372 g/mol. The van der Waals surface area contributed by atoms with E-state index in [4.69, 9.17) is 9.47 Å². The van der Waals surface area contributed by atoms with E-state index in [0.29, 0.717) is 22.6 Å². The Morgan fingerprint density at radius 1 is 0.857 bits per heavy atom. The van der Waals surface area contributed by atoms with Gasteiger partial charge in [0.2, 0.25) is 0 Å². The lowest BCUT2D eigenvalue weighted by atomic mass is 10.1. The van der Waals surface area contributed by atoms with Gasteiger partial charge in [0.25, 0.3) is 0 Å². The Labute approximate surface area is 164 Å². The SMILES string of the molecule is COc1ccccc1C(=O)Oc1ccc(/C=C/C(=O)c2ccc(C)cc2)cc1. The van der Waals surface area contributed by atoms with Crippen LogP contribution in [0.5, 0.6) is 11.5 Å². The molecule has 0 saturated heterocycles. The van der Waals surface area contributed by atoms with Crippen LogP contribution in [-0.2, 0) is 0 Å². The van der Waals surface area contributed by atoms with Crippen molar-refractivity contribution in [3.63, 3.8) is 0 Å². The molecule has 0 fully saturated rings. The second kappa shape index (κ2) is 8.82. The Hall–Kier alpha value is -3.66. The predicted octanol–water partition coefficient (Wildman–Crippen LogP) is 5.12. The Morgan fingerprint density at radius 3 is 2.21 bits per heavy atom. The molecule has 0 spiro atoms. The van der Waals surface area contributed by atoms with Gasteiger partial charge in [0.05, 0.1) is 7.11 Å². The van der Waals surface area contributed by atoms with Crippen molar-refractivity contribution in [3.05, 3.63) is 101 Å². The van der Waals surface area contributed by atoms with E-state index in [2.05, 4.69) is 0 Å². The number of allylic oxidation sites excluding steroid dienone is 1. The number of ketones is 1. The highest BCUT2D eigenvalue weighted by atomic mass is 16.5. The number of hydrogen-bond acceptors (Lipinski definition) is 4. The summed E-state index contributed by atoms with van der Waals surface area (Å²) in [6.07, 6.45) is 3.26. The van der Waals surface area contributed by atoms with Crippen molar-refractivity contribution >= 4 is 17.8 Å². The molecule has 3 aromatic carbocycles. The first-order valence-corrected chi connectivity index (χ1v) is 8.81. The summed E-state index contributed by atoms with van der Waals surface area (Å²) >= 11 is 0. The Kier molecular flexibility index (Phi) is 6.02. The van der Waals surface area contributed by atoms with Gasteiger partial charge in [-0.15, -0.1) is 0 Å². The highest BCUT2D eigenvalue weighted by Crippen LogP contribution is 2.21. The van der Waals surface area contributed by atoms with Crippen LogP contribution in [0.15, 0.2) is 78.9 Å². The van der Waals surface area contributed by atoms with Gasteiger partial charge in [-0.1, -0.05) is 60.2 Å². The van der Waals surface area contributed by atoms with Gasteiger partial charge in [0.1, 0.15) is 17.1 Å². The number of esters is 1. The number of hydrogen-bond donors (Lipinski definition) is 0. The van der Waals surface area contributed by atoms with E-state index >= 15 is 0 Å². The number of aryl methyl sites for hydroxylation is 1. The van der Waals surface area contributed by atoms with E-state index in [1.165, 1.54) is 13.2 Å². The lowest BCUT2D eigenvalue weighted by molar-refractivity contribution is 0.0731. The standard InChI is InChI=1S/C24H20O4/c1-17-7-12-19(13-8-17)22(25)16-11-18-9-14-20(15-10-18)28-24(26)21-5-3-4-6-23(21)27-2/h3-16H,1-2H3/b16-11+. The zero-order chi connectivity index (χ0) is 19.9. The minimum atomic E-state index is -0.490. The van der Waals surface area contributed by atoms with Crippen molar-refractivity contribution in [2.45, 2.75) is 6.92 Å². The van der Waals surface area contributed by atoms with Crippen molar-refractivity contribution in [1.29, 1.82) is 0 Å². The Morgan fingerprint density at radius 2 is 1.54 bits per heavy atom. The molecule has 28 heavy (non-hydrogen) atoms. The molecule has 0 aliphatic rings. The summed E-state index contributed by atoms with van der Waals surface area (Å²) in [7, 11) is 1.51. The maximum absolute atomic E-state index is 12.3. The number of methoxy groups -OCH3 is 1. The van der Waals surface area contributed by atoms with Crippen LogP contribution in [0.4, 0.5) is 0 Å². The van der Waals surface area contributed by atoms with Crippen LogP contribution < -0.4 is 9.47 Å². The maximum atomic E-state index is 12.3. The van der Waals surface area contributed by atoms with Gasteiger partial charge in [-0.25, -0.2) is 4.79 Å². The summed E-state index contributed by atoms with van der Waals surface area (Å²) in [6.45, 7) is 1.98. The summed E-state index contributed by atoms with van der Waals surface area (Å²) in [5.41, 5.74) is 2.94. The predicted molar refractivity (Wildman–Crippen MR) is 109 cm³/mol. The number of carbonyl (C=O) groups excluding carboxylic acids is 2. The molecule has 0 amide bonds. The van der Waals surface area contributed by atoms with E-state index in [0.717, 1.165) is 11.1 Å². The minimum absolute atomic E-state index is 0.0633. The molecule has 0 radical (unpaired) electrons. The summed E-state index contributed by atoms with van der Waals surface area (Å²) in [6, 6.07) is 21.3. The van der Waals surface area contributed by atoms with Gasteiger partial charge < -0.3 is 9.47 Å². The first-order valence-electron chi connectivity index (χ1n) is 8.81. The molecule has 3 aromatic rings. The van der Waals surface area contributed by atoms with E-state index in [1.807, 2.05) is 31.2 Å². The fourth-order valence-corrected chi connectivity index (χ4v) is 2.61. The Bertz CT molecular complexity index is 1000. The molecule has 3 rings (SSSR count). The van der Waals surface area contributed by atoms with Crippen LogP contribution in [0.1, 0.15) is 31.8 Å². The van der Waals surface area contributed by atoms with Crippen LogP contribution in [-0.4, -0.2) is 18.9 Å². The summed E-state index contributed by atoms with van der Waals surface area (Å²) in [5.74, 6) is 0.321. The Balaban J connectivity index is 1.65. The molecule has 0 atom stereocenters. The van der Waals surface area contributed by atoms with Crippen molar-refractivity contribution < 1.29 is 19.1 Å². The fraction of sp³-hybridized carbons (Fsp3) is 0.0833. The summed E-state index contributed by atoms with van der Waals surface area (Å²) in [5, 5.41) is 0. The molecule has 0 N–H and O–H groups in total. The third kappa shape index (κ3) is 4.74. The highest BCUT2D eigenvalue weighted by Gasteiger charge is 2.13. The van der Waals surface area contributed by atoms with Crippen LogP contribution in [0, 0.1) is 6.92 Å². The van der Waals surface area contributed by atoms with Crippen molar-refractivity contribution in [2.24, 2.45) is 0 Å². The topological polar surface area (TPSA) is 52.6 Å². The van der Waals surface area contributed by atoms with Crippen LogP contribution in [0.2, 0.25) is 0 Å². The number of rotatable bonds is 6. The fourth-order valence-electron chi connectivity index (χ4n) is 2.61. The average molecular weight is 372 g/mol. The lowest BCUT2D eigenvalue weighted by Crippen LogP contribution is -2.09. The van der Waals surface area contributed by atoms with Gasteiger partial charge in [-0.05, 0) is 42.8 Å². The normalized spacial score (nSPS) is 10.6. The van der Waals surface area contributed by atoms with E-state index < -0.39 is 5.97 Å². The molecule has 0 aliphatic carbocycles. The molecule has 4 heteroatoms. The van der Waals surface area contributed by atoms with Gasteiger partial charge in [0.15, 0.2) is 5.78 Å². The molecule has 0 aromatic heterocycles. The molecule has 0 aliphatic heterocycles. The van der Waals surface area contributed by atoms with Crippen LogP contribution >= 0.6 is 0 Å². The van der Waals surface area contributed by atoms with E-state index in [9.17, 15) is 9.59 Å². The zero-order valence-electron chi connectivity index (χ0n) is 15.7.